The van der Waals surface area contributed by atoms with Crippen molar-refractivity contribution in [3.63, 3.8) is 0 Å². The van der Waals surface area contributed by atoms with Crippen LogP contribution >= 0.6 is 0 Å². The molecule has 0 aromatic heterocycles. The Morgan fingerprint density at radius 3 is 2.57 bits per heavy atom. The molecule has 0 spiro atoms. The van der Waals surface area contributed by atoms with E-state index in [1.165, 1.54) is 5.56 Å². The fourth-order valence-corrected chi connectivity index (χ4v) is 1.96. The van der Waals surface area contributed by atoms with Gasteiger partial charge in [-0.15, -0.1) is 0 Å². The normalized spacial score (nSPS) is 9.76. The second-order valence-corrected chi connectivity index (χ2v) is 4.74. The smallest absolute Gasteiger partial charge is 0.149 e. The summed E-state index contributed by atoms with van der Waals surface area (Å²) in [7, 11) is 0. The van der Waals surface area contributed by atoms with Gasteiger partial charge in [0.2, 0.25) is 0 Å². The number of hydrogen-bond acceptors (Lipinski definition) is 2. The maximum Gasteiger partial charge on any atom is 0.149 e. The van der Waals surface area contributed by atoms with Crippen molar-refractivity contribution in [1.29, 1.82) is 0 Å². The van der Waals surface area contributed by atoms with E-state index < -0.39 is 0 Å². The highest BCUT2D eigenvalue weighted by atomic mass is 16.5. The average Bonchev–Trinajstić information content (AvgIpc) is 2.54. The topological polar surface area (TPSA) is 21.3 Å². The molecule has 21 heavy (non-hydrogen) atoms. The first-order chi connectivity index (χ1) is 10.4. The molecule has 0 amide bonds. The summed E-state index contributed by atoms with van der Waals surface area (Å²) in [4.78, 5) is 0. The molecule has 0 fully saturated rings. The third kappa shape index (κ3) is 5.33. The molecule has 0 saturated carbocycles. The van der Waals surface area contributed by atoms with Crippen molar-refractivity contribution >= 4 is 0 Å². The molecule has 0 aliphatic rings. The van der Waals surface area contributed by atoms with E-state index in [4.69, 9.17) is 4.74 Å². The first-order valence-electron chi connectivity index (χ1n) is 7.35. The highest BCUT2D eigenvalue weighted by Gasteiger charge is 2.01. The van der Waals surface area contributed by atoms with Gasteiger partial charge in [-0.05, 0) is 31.2 Å². The number of ether oxygens (including phenoxy) is 1. The second-order valence-electron chi connectivity index (χ2n) is 4.74. The number of nitrogens with one attached hydrogen (secondary N) is 1. The largest absolute Gasteiger partial charge is 0.481 e. The molecule has 2 heteroatoms. The van der Waals surface area contributed by atoms with Crippen LogP contribution in [0, 0.1) is 11.8 Å². The second kappa shape index (κ2) is 8.84. The Morgan fingerprint density at radius 2 is 1.76 bits per heavy atom. The van der Waals surface area contributed by atoms with Gasteiger partial charge >= 0.3 is 0 Å². The van der Waals surface area contributed by atoms with E-state index in [1.807, 2.05) is 48.5 Å². The average molecular weight is 279 g/mol. The predicted octanol–water partition coefficient (Wildman–Crippen LogP) is 3.62. The first kappa shape index (κ1) is 15.2. The van der Waals surface area contributed by atoms with E-state index in [0.717, 1.165) is 30.8 Å². The van der Waals surface area contributed by atoms with Gasteiger partial charge in [0.15, 0.2) is 0 Å². The van der Waals surface area contributed by atoms with Gasteiger partial charge in [-0.1, -0.05) is 55.2 Å². The maximum atomic E-state index is 5.78. The van der Waals surface area contributed by atoms with Crippen LogP contribution in [-0.4, -0.2) is 13.2 Å². The Labute approximate surface area is 127 Å². The molecule has 0 aliphatic heterocycles. The van der Waals surface area contributed by atoms with Gasteiger partial charge in [-0.3, -0.25) is 0 Å². The summed E-state index contributed by atoms with van der Waals surface area (Å²) < 4.78 is 5.78. The quantitative estimate of drug-likeness (QED) is 0.644. The molecule has 0 bridgehead atoms. The molecule has 0 radical (unpaired) electrons. The van der Waals surface area contributed by atoms with Crippen molar-refractivity contribution < 1.29 is 4.74 Å². The fourth-order valence-electron chi connectivity index (χ4n) is 1.96. The summed E-state index contributed by atoms with van der Waals surface area (Å²) in [6.07, 6.45) is 1.13. The molecule has 2 aromatic rings. The van der Waals surface area contributed by atoms with Gasteiger partial charge < -0.3 is 10.1 Å². The zero-order chi connectivity index (χ0) is 14.8. The van der Waals surface area contributed by atoms with E-state index in [2.05, 4.69) is 30.1 Å². The standard InChI is InChI=1S/C19H21NO/c1-2-14-20-16-18-12-6-7-13-19(18)21-15-8-11-17-9-4-3-5-10-17/h3-7,9-10,12-13,20H,2,14-16H2,1H3. The third-order valence-corrected chi connectivity index (χ3v) is 3.02. The summed E-state index contributed by atoms with van der Waals surface area (Å²) in [5.41, 5.74) is 2.19. The van der Waals surface area contributed by atoms with Crippen LogP contribution in [0.25, 0.3) is 0 Å². The number of rotatable bonds is 6. The van der Waals surface area contributed by atoms with Crippen LogP contribution in [0.5, 0.6) is 5.75 Å². The number of benzene rings is 2. The van der Waals surface area contributed by atoms with Crippen molar-refractivity contribution in [3.8, 4) is 17.6 Å². The molecule has 0 saturated heterocycles. The van der Waals surface area contributed by atoms with Crippen LogP contribution in [0.3, 0.4) is 0 Å². The van der Waals surface area contributed by atoms with E-state index >= 15 is 0 Å². The van der Waals surface area contributed by atoms with Crippen molar-refractivity contribution in [1.82, 2.24) is 5.32 Å². The van der Waals surface area contributed by atoms with Crippen LogP contribution in [0.2, 0.25) is 0 Å². The lowest BCUT2D eigenvalue weighted by molar-refractivity contribution is 0.364. The lowest BCUT2D eigenvalue weighted by atomic mass is 10.2. The SMILES string of the molecule is CCCNCc1ccccc1OCC#Cc1ccccc1. The maximum absolute atomic E-state index is 5.78. The summed E-state index contributed by atoms with van der Waals surface area (Å²) in [5.74, 6) is 7.05. The van der Waals surface area contributed by atoms with Gasteiger partial charge in [0.25, 0.3) is 0 Å². The summed E-state index contributed by atoms with van der Waals surface area (Å²) in [6, 6.07) is 18.1. The Morgan fingerprint density at radius 1 is 1.00 bits per heavy atom. The molecule has 0 atom stereocenters. The third-order valence-electron chi connectivity index (χ3n) is 3.02. The lowest BCUT2D eigenvalue weighted by Gasteiger charge is -2.09. The minimum atomic E-state index is 0.402. The molecular weight excluding hydrogens is 258 g/mol. The molecule has 0 aliphatic carbocycles. The highest BCUT2D eigenvalue weighted by Crippen LogP contribution is 2.17. The van der Waals surface area contributed by atoms with Crippen LogP contribution in [0.15, 0.2) is 54.6 Å². The molecule has 2 nitrogen and oxygen atoms in total. The summed E-state index contributed by atoms with van der Waals surface area (Å²) in [5, 5.41) is 3.39. The molecule has 2 rings (SSSR count). The first-order valence-corrected chi connectivity index (χ1v) is 7.35. The minimum absolute atomic E-state index is 0.402. The van der Waals surface area contributed by atoms with Crippen molar-refractivity contribution in [2.24, 2.45) is 0 Å². The molecular formula is C19H21NO. The molecule has 1 N–H and O–H groups in total. The molecule has 2 aromatic carbocycles. The Bertz CT molecular complexity index is 596. The minimum Gasteiger partial charge on any atom is -0.481 e. The van der Waals surface area contributed by atoms with Crippen molar-refractivity contribution in [2.45, 2.75) is 19.9 Å². The molecule has 0 unspecified atom stereocenters. The fraction of sp³-hybridized carbons (Fsp3) is 0.263. The zero-order valence-electron chi connectivity index (χ0n) is 12.4. The van der Waals surface area contributed by atoms with Gasteiger partial charge in [-0.25, -0.2) is 0 Å². The van der Waals surface area contributed by atoms with Gasteiger partial charge in [0.1, 0.15) is 12.4 Å². The van der Waals surface area contributed by atoms with Crippen molar-refractivity contribution in [2.75, 3.05) is 13.2 Å². The van der Waals surface area contributed by atoms with E-state index in [0.29, 0.717) is 6.61 Å². The van der Waals surface area contributed by atoms with Crippen LogP contribution < -0.4 is 10.1 Å². The number of hydrogen-bond donors (Lipinski definition) is 1. The Balaban J connectivity index is 1.90. The predicted molar refractivity (Wildman–Crippen MR) is 87.3 cm³/mol. The zero-order valence-corrected chi connectivity index (χ0v) is 12.4. The van der Waals surface area contributed by atoms with Crippen LogP contribution in [0.4, 0.5) is 0 Å². The summed E-state index contributed by atoms with van der Waals surface area (Å²) in [6.45, 7) is 4.41. The van der Waals surface area contributed by atoms with E-state index in [-0.39, 0.29) is 0 Å². The van der Waals surface area contributed by atoms with Crippen molar-refractivity contribution in [3.05, 3.63) is 65.7 Å². The Kier molecular flexibility index (Phi) is 6.38. The Hall–Kier alpha value is -2.24. The van der Waals surface area contributed by atoms with Gasteiger partial charge in [-0.2, -0.15) is 0 Å². The molecule has 0 heterocycles. The van der Waals surface area contributed by atoms with Gasteiger partial charge in [0.05, 0.1) is 0 Å². The number of para-hydroxylation sites is 1. The molecule has 108 valence electrons. The van der Waals surface area contributed by atoms with E-state index in [1.54, 1.807) is 0 Å². The monoisotopic (exact) mass is 279 g/mol. The lowest BCUT2D eigenvalue weighted by Crippen LogP contribution is -2.14. The summed E-state index contributed by atoms with van der Waals surface area (Å²) >= 11 is 0. The highest BCUT2D eigenvalue weighted by molar-refractivity contribution is 5.35. The van der Waals surface area contributed by atoms with Crippen LogP contribution in [0.1, 0.15) is 24.5 Å². The van der Waals surface area contributed by atoms with Crippen LogP contribution in [-0.2, 0) is 6.54 Å². The van der Waals surface area contributed by atoms with Gasteiger partial charge in [0, 0.05) is 17.7 Å². The van der Waals surface area contributed by atoms with E-state index in [9.17, 15) is 0 Å².